The molecule has 25 heavy (non-hydrogen) atoms. The van der Waals surface area contributed by atoms with E-state index >= 15 is 0 Å². The van der Waals surface area contributed by atoms with Gasteiger partial charge in [-0.05, 0) is 61.1 Å². The van der Waals surface area contributed by atoms with Gasteiger partial charge in [0, 0.05) is 16.8 Å². The fourth-order valence-corrected chi connectivity index (χ4v) is 2.61. The first kappa shape index (κ1) is 21.9. The van der Waals surface area contributed by atoms with Crippen molar-refractivity contribution < 1.29 is 28.5 Å². The summed E-state index contributed by atoms with van der Waals surface area (Å²) in [5, 5.41) is 0. The predicted molar refractivity (Wildman–Crippen MR) is 102 cm³/mol. The number of esters is 2. The highest BCUT2D eigenvalue weighted by atomic mass is 127. The molecular formula is C18H25IO6. The Morgan fingerprint density at radius 1 is 0.960 bits per heavy atom. The Morgan fingerprint density at radius 3 is 2.04 bits per heavy atom. The highest BCUT2D eigenvalue weighted by molar-refractivity contribution is 14.1. The molecule has 1 aromatic carbocycles. The number of ether oxygens (including phenoxy) is 4. The summed E-state index contributed by atoms with van der Waals surface area (Å²) in [5.41, 5.74) is 0.631. The van der Waals surface area contributed by atoms with E-state index in [-0.39, 0.29) is 13.2 Å². The van der Waals surface area contributed by atoms with Gasteiger partial charge in [0.05, 0.1) is 30.9 Å². The van der Waals surface area contributed by atoms with Gasteiger partial charge in [-0.15, -0.1) is 0 Å². The van der Waals surface area contributed by atoms with Gasteiger partial charge in [0.1, 0.15) is 6.10 Å². The molecule has 0 saturated carbocycles. The normalized spacial score (nSPS) is 10.8. The predicted octanol–water partition coefficient (Wildman–Crippen LogP) is 3.46. The van der Waals surface area contributed by atoms with Crippen molar-refractivity contribution in [1.82, 2.24) is 0 Å². The van der Waals surface area contributed by atoms with Crippen molar-refractivity contribution in [3.05, 3.63) is 32.9 Å². The minimum absolute atomic E-state index is 0.261. The highest BCUT2D eigenvalue weighted by Gasteiger charge is 2.19. The first-order valence-electron chi connectivity index (χ1n) is 8.35. The molecule has 0 radical (unpaired) electrons. The number of carbonyl (C=O) groups is 2. The van der Waals surface area contributed by atoms with Gasteiger partial charge in [-0.3, -0.25) is 0 Å². The van der Waals surface area contributed by atoms with Gasteiger partial charge in [0.15, 0.2) is 0 Å². The molecule has 0 saturated heterocycles. The third kappa shape index (κ3) is 8.15. The molecule has 7 heteroatoms. The summed E-state index contributed by atoms with van der Waals surface area (Å²) >= 11 is 2.05. The van der Waals surface area contributed by atoms with Crippen LogP contribution < -0.4 is 0 Å². The molecule has 0 spiro atoms. The smallest absolute Gasteiger partial charge is 0.338 e. The highest BCUT2D eigenvalue weighted by Crippen LogP contribution is 2.16. The molecule has 1 aromatic rings. The Hall–Kier alpha value is -1.19. The maximum Gasteiger partial charge on any atom is 0.338 e. The topological polar surface area (TPSA) is 71.1 Å². The van der Waals surface area contributed by atoms with Crippen molar-refractivity contribution in [3.8, 4) is 0 Å². The van der Waals surface area contributed by atoms with Crippen LogP contribution in [-0.2, 0) is 18.9 Å². The molecule has 6 nitrogen and oxygen atoms in total. The van der Waals surface area contributed by atoms with E-state index in [4.69, 9.17) is 18.9 Å². The maximum absolute atomic E-state index is 12.4. The van der Waals surface area contributed by atoms with Gasteiger partial charge in [0.25, 0.3) is 0 Å². The van der Waals surface area contributed by atoms with Crippen LogP contribution in [0, 0.1) is 3.57 Å². The summed E-state index contributed by atoms with van der Waals surface area (Å²) < 4.78 is 22.0. The Kier molecular flexibility index (Phi) is 10.7. The zero-order valence-corrected chi connectivity index (χ0v) is 17.0. The molecule has 1 rings (SSSR count). The lowest BCUT2D eigenvalue weighted by Gasteiger charge is -2.18. The molecule has 0 heterocycles. The number of hydrogen-bond acceptors (Lipinski definition) is 6. The quantitative estimate of drug-likeness (QED) is 0.369. The lowest BCUT2D eigenvalue weighted by Crippen LogP contribution is -2.29. The van der Waals surface area contributed by atoms with Crippen molar-refractivity contribution in [1.29, 1.82) is 0 Å². The van der Waals surface area contributed by atoms with E-state index in [0.29, 0.717) is 30.9 Å². The molecule has 0 amide bonds. The van der Waals surface area contributed by atoms with Crippen LogP contribution in [0.25, 0.3) is 0 Å². The van der Waals surface area contributed by atoms with Crippen LogP contribution in [0.4, 0.5) is 0 Å². The van der Waals surface area contributed by atoms with Crippen LogP contribution in [0.5, 0.6) is 0 Å². The fraction of sp³-hybridized carbons (Fsp3) is 0.556. The van der Waals surface area contributed by atoms with Crippen LogP contribution in [-0.4, -0.2) is 51.1 Å². The first-order chi connectivity index (χ1) is 12.0. The zero-order chi connectivity index (χ0) is 18.7. The van der Waals surface area contributed by atoms with Gasteiger partial charge in [0.2, 0.25) is 0 Å². The van der Waals surface area contributed by atoms with Crippen LogP contribution >= 0.6 is 22.6 Å². The van der Waals surface area contributed by atoms with Crippen molar-refractivity contribution >= 4 is 34.5 Å². The molecule has 140 valence electrons. The van der Waals surface area contributed by atoms with Crippen molar-refractivity contribution in [2.24, 2.45) is 0 Å². The Labute approximate surface area is 162 Å². The minimum atomic E-state index is -0.521. The van der Waals surface area contributed by atoms with E-state index in [0.717, 1.165) is 9.99 Å². The van der Waals surface area contributed by atoms with Crippen LogP contribution in [0.3, 0.4) is 0 Å². The second-order valence-electron chi connectivity index (χ2n) is 5.21. The number of hydrogen-bond donors (Lipinski definition) is 0. The Morgan fingerprint density at radius 2 is 1.52 bits per heavy atom. The summed E-state index contributed by atoms with van der Waals surface area (Å²) in [7, 11) is 0. The molecular weight excluding hydrogens is 439 g/mol. The van der Waals surface area contributed by atoms with E-state index in [1.807, 2.05) is 43.4 Å². The largest absolute Gasteiger partial charge is 0.462 e. The van der Waals surface area contributed by atoms with E-state index < -0.39 is 18.0 Å². The fourth-order valence-electron chi connectivity index (χ4n) is 1.94. The van der Waals surface area contributed by atoms with Gasteiger partial charge in [-0.1, -0.05) is 6.92 Å². The monoisotopic (exact) mass is 464 g/mol. The summed E-state index contributed by atoms with van der Waals surface area (Å²) in [6, 6.07) is 4.83. The van der Waals surface area contributed by atoms with Crippen LogP contribution in [0.15, 0.2) is 18.2 Å². The molecule has 0 bridgehead atoms. The van der Waals surface area contributed by atoms with Gasteiger partial charge < -0.3 is 18.9 Å². The van der Waals surface area contributed by atoms with E-state index in [1.165, 1.54) is 6.07 Å². The molecule has 0 aliphatic rings. The number of benzene rings is 1. The molecule has 0 N–H and O–H groups in total. The van der Waals surface area contributed by atoms with Crippen molar-refractivity contribution in [3.63, 3.8) is 0 Å². The van der Waals surface area contributed by atoms with Crippen LogP contribution in [0.1, 0.15) is 47.9 Å². The molecule has 0 aliphatic heterocycles. The van der Waals surface area contributed by atoms with Crippen LogP contribution in [0.2, 0.25) is 0 Å². The van der Waals surface area contributed by atoms with Crippen molar-refractivity contribution in [2.75, 3.05) is 33.0 Å². The lowest BCUT2D eigenvalue weighted by atomic mass is 10.1. The average Bonchev–Trinajstić information content (AvgIpc) is 2.61. The Balaban J connectivity index is 2.84. The summed E-state index contributed by atoms with van der Waals surface area (Å²) in [6.07, 6.45) is 0.238. The molecule has 0 unspecified atom stereocenters. The van der Waals surface area contributed by atoms with E-state index in [2.05, 4.69) is 0 Å². The minimum Gasteiger partial charge on any atom is -0.462 e. The molecule has 0 atom stereocenters. The second-order valence-corrected chi connectivity index (χ2v) is 6.46. The lowest BCUT2D eigenvalue weighted by molar-refractivity contribution is -0.0363. The maximum atomic E-state index is 12.4. The third-order valence-electron chi connectivity index (χ3n) is 3.10. The van der Waals surface area contributed by atoms with Crippen molar-refractivity contribution in [2.45, 2.75) is 33.3 Å². The molecule has 0 aromatic heterocycles. The van der Waals surface area contributed by atoms with Gasteiger partial charge in [-0.2, -0.15) is 0 Å². The summed E-state index contributed by atoms with van der Waals surface area (Å²) in [5.74, 6) is -0.970. The summed E-state index contributed by atoms with van der Waals surface area (Å²) in [4.78, 5) is 24.5. The van der Waals surface area contributed by atoms with Gasteiger partial charge in [-0.25, -0.2) is 9.59 Å². The SMILES string of the molecule is CCCOC(=O)c1cc(I)cc(C(=O)OC(COCC)COCC)c1. The average molecular weight is 464 g/mol. The Bertz CT molecular complexity index is 552. The standard InChI is InChI=1S/C18H25IO6/c1-4-7-24-17(20)13-8-14(10-15(19)9-13)18(21)25-16(11-22-5-2)12-23-6-3/h8-10,16H,4-7,11-12H2,1-3H3. The number of carbonyl (C=O) groups excluding carboxylic acids is 2. The molecule has 0 fully saturated rings. The second kappa shape index (κ2) is 12.2. The number of rotatable bonds is 11. The first-order valence-corrected chi connectivity index (χ1v) is 9.43. The van der Waals surface area contributed by atoms with E-state index in [1.54, 1.807) is 12.1 Å². The zero-order valence-electron chi connectivity index (χ0n) is 14.9. The van der Waals surface area contributed by atoms with E-state index in [9.17, 15) is 9.59 Å². The van der Waals surface area contributed by atoms with Gasteiger partial charge >= 0.3 is 11.9 Å². The third-order valence-corrected chi connectivity index (χ3v) is 3.72. The number of halogens is 1. The molecule has 0 aliphatic carbocycles. The summed E-state index contributed by atoms with van der Waals surface area (Å²) in [6.45, 7) is 7.57.